The van der Waals surface area contributed by atoms with Crippen LogP contribution in [0.25, 0.3) is 0 Å². The Morgan fingerprint density at radius 1 is 0.789 bits per heavy atom. The average Bonchev–Trinajstić information content (AvgIpc) is 3.10. The zero-order chi connectivity index (χ0) is 11.9. The summed E-state index contributed by atoms with van der Waals surface area (Å²) < 4.78 is 13.2. The summed E-state index contributed by atoms with van der Waals surface area (Å²) in [6, 6.07) is 0. The number of hydrogen-bond acceptors (Lipinski definition) is 2. The summed E-state index contributed by atoms with van der Waals surface area (Å²) in [5.41, 5.74) is 0. The fraction of sp³-hybridized carbons (Fsp3) is 1.00. The second-order valence-corrected chi connectivity index (χ2v) is 6.76. The fourth-order valence-corrected chi connectivity index (χ4v) is 3.24. The average molecular weight is 313 g/mol. The van der Waals surface area contributed by atoms with Gasteiger partial charge >= 0.3 is 0 Å². The van der Waals surface area contributed by atoms with Crippen molar-refractivity contribution in [2.45, 2.75) is 18.6 Å². The van der Waals surface area contributed by atoms with Crippen LogP contribution in [0.15, 0.2) is 0 Å². The van der Waals surface area contributed by atoms with Gasteiger partial charge in [-0.1, -0.05) is 0 Å². The van der Waals surface area contributed by atoms with Crippen LogP contribution in [0.1, 0.15) is 6.42 Å². The molecule has 0 aromatic rings. The number of ether oxygens (including phenoxy) is 2. The Hall–Kier alpha value is 0.420. The van der Waals surface area contributed by atoms with Crippen molar-refractivity contribution in [2.75, 3.05) is 66.6 Å². The third-order valence-electron chi connectivity index (χ3n) is 4.67. The molecule has 19 heavy (non-hydrogen) atoms. The zero-order valence-electron chi connectivity index (χ0n) is 12.0. The first-order chi connectivity index (χ1) is 8.07. The molecule has 0 aromatic carbocycles. The van der Waals surface area contributed by atoms with Crippen LogP contribution in [0.4, 0.5) is 0 Å². The van der Waals surface area contributed by atoms with E-state index in [1.54, 1.807) is 0 Å². The number of nitrogens with zero attached hydrogens (tertiary/aromatic N) is 2. The van der Waals surface area contributed by atoms with E-state index in [4.69, 9.17) is 9.47 Å². The van der Waals surface area contributed by atoms with Crippen LogP contribution in [0.2, 0.25) is 0 Å². The monoisotopic (exact) mass is 312 g/mol. The molecule has 3 heterocycles. The molecule has 114 valence electrons. The fourth-order valence-electron chi connectivity index (χ4n) is 3.24. The molecule has 4 nitrogen and oxygen atoms in total. The smallest absolute Gasteiger partial charge is 0.130 e. The van der Waals surface area contributed by atoms with Crippen LogP contribution in [0.3, 0.4) is 0 Å². The van der Waals surface area contributed by atoms with Crippen LogP contribution in [0.5, 0.6) is 0 Å². The zero-order valence-corrected chi connectivity index (χ0v) is 13.5. The molecule has 3 fully saturated rings. The van der Waals surface area contributed by atoms with Crippen molar-refractivity contribution in [1.29, 1.82) is 0 Å². The predicted octanol–water partition coefficient (Wildman–Crippen LogP) is -5.91. The van der Waals surface area contributed by atoms with Gasteiger partial charge in [0.05, 0.1) is 40.4 Å². The Morgan fingerprint density at radius 2 is 1.16 bits per heavy atom. The van der Waals surface area contributed by atoms with Gasteiger partial charge in [-0.15, -0.1) is 0 Å². The van der Waals surface area contributed by atoms with E-state index in [0.717, 1.165) is 13.2 Å². The van der Waals surface area contributed by atoms with E-state index in [1.807, 2.05) is 0 Å². The SMILES string of the molecule is C[N+]1(CC2CO2)CCC[N+](C)(CC2CO2)CC1.[Cl-].[Cl-]. The summed E-state index contributed by atoms with van der Waals surface area (Å²) in [5, 5.41) is 0. The number of rotatable bonds is 4. The van der Waals surface area contributed by atoms with Crippen molar-refractivity contribution in [3.63, 3.8) is 0 Å². The third kappa shape index (κ3) is 5.03. The molecule has 3 saturated heterocycles. The quantitative estimate of drug-likeness (QED) is 0.382. The highest BCUT2D eigenvalue weighted by Crippen LogP contribution is 2.23. The Balaban J connectivity index is 0.000000902. The molecule has 3 aliphatic rings. The van der Waals surface area contributed by atoms with E-state index in [9.17, 15) is 0 Å². The second-order valence-electron chi connectivity index (χ2n) is 6.76. The van der Waals surface area contributed by atoms with Gasteiger partial charge in [-0.25, -0.2) is 0 Å². The van der Waals surface area contributed by atoms with Crippen molar-refractivity contribution < 1.29 is 43.3 Å². The summed E-state index contributed by atoms with van der Waals surface area (Å²) in [7, 11) is 4.82. The maximum atomic E-state index is 5.40. The lowest BCUT2D eigenvalue weighted by Crippen LogP contribution is -3.00. The van der Waals surface area contributed by atoms with Gasteiger partial charge in [-0.2, -0.15) is 0 Å². The van der Waals surface area contributed by atoms with Crippen molar-refractivity contribution in [3.8, 4) is 0 Å². The molecule has 0 saturated carbocycles. The third-order valence-corrected chi connectivity index (χ3v) is 4.67. The highest BCUT2D eigenvalue weighted by atomic mass is 35.5. The molecule has 0 bridgehead atoms. The lowest BCUT2D eigenvalue weighted by molar-refractivity contribution is -0.946. The van der Waals surface area contributed by atoms with Crippen LogP contribution in [0, 0.1) is 0 Å². The van der Waals surface area contributed by atoms with E-state index in [0.29, 0.717) is 12.2 Å². The molecule has 0 aliphatic carbocycles. The van der Waals surface area contributed by atoms with E-state index in [-0.39, 0.29) is 24.8 Å². The summed E-state index contributed by atoms with van der Waals surface area (Å²) in [6.45, 7) is 9.66. The Kier molecular flexibility index (Phi) is 5.94. The maximum absolute atomic E-state index is 5.40. The largest absolute Gasteiger partial charge is 1.00 e. The van der Waals surface area contributed by atoms with Crippen LogP contribution in [-0.2, 0) is 9.47 Å². The lowest BCUT2D eigenvalue weighted by Gasteiger charge is -2.34. The molecule has 0 aromatic heterocycles. The highest BCUT2D eigenvalue weighted by Gasteiger charge is 2.41. The van der Waals surface area contributed by atoms with Crippen molar-refractivity contribution in [2.24, 2.45) is 0 Å². The van der Waals surface area contributed by atoms with Crippen molar-refractivity contribution >= 4 is 0 Å². The highest BCUT2D eigenvalue weighted by molar-refractivity contribution is 4.71. The van der Waals surface area contributed by atoms with Gasteiger partial charge < -0.3 is 43.3 Å². The molecule has 4 atom stereocenters. The summed E-state index contributed by atoms with van der Waals surface area (Å²) in [4.78, 5) is 0. The summed E-state index contributed by atoms with van der Waals surface area (Å²) in [6.07, 6.45) is 2.46. The van der Waals surface area contributed by atoms with Crippen LogP contribution >= 0.6 is 0 Å². The lowest BCUT2D eigenvalue weighted by atomic mass is 10.3. The molecule has 0 spiro atoms. The molecular weight excluding hydrogens is 287 g/mol. The standard InChI is InChI=1S/C13H26N2O2.2ClH/c1-14(8-12-10-16-12)4-3-5-15(2,7-6-14)9-13-11-17-13;;/h12-13H,3-11H2,1-2H3;2*1H/q+2;;/p-2. The molecule has 4 unspecified atom stereocenters. The number of hydrogen-bond donors (Lipinski definition) is 0. The van der Waals surface area contributed by atoms with Crippen molar-refractivity contribution in [3.05, 3.63) is 0 Å². The van der Waals surface area contributed by atoms with E-state index < -0.39 is 0 Å². The van der Waals surface area contributed by atoms with Gasteiger partial charge in [0.1, 0.15) is 38.4 Å². The van der Waals surface area contributed by atoms with Crippen LogP contribution in [-0.4, -0.2) is 87.8 Å². The molecule has 3 rings (SSSR count). The van der Waals surface area contributed by atoms with E-state index >= 15 is 0 Å². The Morgan fingerprint density at radius 3 is 1.47 bits per heavy atom. The summed E-state index contributed by atoms with van der Waals surface area (Å²) >= 11 is 0. The van der Waals surface area contributed by atoms with E-state index in [2.05, 4.69) is 14.1 Å². The number of halogens is 2. The second kappa shape index (κ2) is 6.46. The Bertz CT molecular complexity index is 272. The van der Waals surface area contributed by atoms with Gasteiger partial charge in [0.15, 0.2) is 0 Å². The number of quaternary nitrogens is 2. The van der Waals surface area contributed by atoms with E-state index in [1.165, 1.54) is 54.7 Å². The van der Waals surface area contributed by atoms with Gasteiger partial charge in [0.2, 0.25) is 0 Å². The van der Waals surface area contributed by atoms with Gasteiger partial charge in [-0.3, -0.25) is 0 Å². The van der Waals surface area contributed by atoms with Crippen molar-refractivity contribution in [1.82, 2.24) is 0 Å². The van der Waals surface area contributed by atoms with Crippen LogP contribution < -0.4 is 24.8 Å². The minimum Gasteiger partial charge on any atom is -1.00 e. The van der Waals surface area contributed by atoms with Gasteiger partial charge in [-0.05, 0) is 0 Å². The maximum Gasteiger partial charge on any atom is 0.130 e. The first-order valence-corrected chi connectivity index (χ1v) is 6.97. The number of epoxide rings is 2. The molecule has 0 amide bonds. The molecule has 0 N–H and O–H groups in total. The summed E-state index contributed by atoms with van der Waals surface area (Å²) in [5.74, 6) is 0. The van der Waals surface area contributed by atoms with Gasteiger partial charge in [0.25, 0.3) is 0 Å². The Labute approximate surface area is 129 Å². The molecule has 0 radical (unpaired) electrons. The number of likely N-dealkylation sites (N-methyl/N-ethyl adjacent to an activating group) is 2. The first-order valence-electron chi connectivity index (χ1n) is 6.97. The normalized spacial score (nSPS) is 44.5. The topological polar surface area (TPSA) is 25.1 Å². The molecule has 3 aliphatic heterocycles. The molecular formula is C13H26Cl2N2O2. The molecule has 6 heteroatoms. The predicted molar refractivity (Wildman–Crippen MR) is 65.7 cm³/mol. The van der Waals surface area contributed by atoms with Gasteiger partial charge in [0, 0.05) is 6.42 Å². The minimum atomic E-state index is 0. The minimum absolute atomic E-state index is 0. The first kappa shape index (κ1) is 17.5.